The molecule has 3 heteroatoms. The van der Waals surface area contributed by atoms with Gasteiger partial charge in [0, 0.05) is 12.6 Å². The number of likely N-dealkylation sites (N-methyl/N-ethyl adjacent to an activating group) is 1. The predicted octanol–water partition coefficient (Wildman–Crippen LogP) is 1.88. The molecule has 0 heterocycles. The molecule has 0 aliphatic rings. The second-order valence-electron chi connectivity index (χ2n) is 4.44. The number of hydrogen-bond acceptors (Lipinski definition) is 2. The predicted molar refractivity (Wildman–Crippen MR) is 64.8 cm³/mol. The van der Waals surface area contributed by atoms with Gasteiger partial charge in [-0.25, -0.2) is 0 Å². The van der Waals surface area contributed by atoms with E-state index in [4.69, 9.17) is 0 Å². The first-order chi connectivity index (χ1) is 7.06. The van der Waals surface area contributed by atoms with E-state index in [1.807, 2.05) is 11.9 Å². The van der Waals surface area contributed by atoms with Gasteiger partial charge in [-0.2, -0.15) is 0 Å². The molecular formula is C12H26N2O. The van der Waals surface area contributed by atoms with Crippen LogP contribution in [0.2, 0.25) is 0 Å². The van der Waals surface area contributed by atoms with Gasteiger partial charge in [0.05, 0.1) is 6.54 Å². The van der Waals surface area contributed by atoms with Crippen molar-refractivity contribution in [2.45, 2.75) is 46.6 Å². The van der Waals surface area contributed by atoms with Crippen LogP contribution in [-0.2, 0) is 4.79 Å². The van der Waals surface area contributed by atoms with Gasteiger partial charge >= 0.3 is 0 Å². The highest BCUT2D eigenvalue weighted by Gasteiger charge is 2.20. The van der Waals surface area contributed by atoms with Gasteiger partial charge in [-0.05, 0) is 25.8 Å². The van der Waals surface area contributed by atoms with Crippen molar-refractivity contribution in [3.63, 3.8) is 0 Å². The summed E-state index contributed by atoms with van der Waals surface area (Å²) in [4.78, 5) is 13.9. The molecule has 0 atom stereocenters. The fourth-order valence-electron chi connectivity index (χ4n) is 1.83. The SMILES string of the molecule is CCC(CC)N(CC(C)C)C(=O)CNC. The lowest BCUT2D eigenvalue weighted by molar-refractivity contribution is -0.133. The zero-order chi connectivity index (χ0) is 11.8. The second kappa shape index (κ2) is 7.69. The number of carbonyl (C=O) groups is 1. The Morgan fingerprint density at radius 3 is 2.13 bits per heavy atom. The minimum atomic E-state index is 0.222. The van der Waals surface area contributed by atoms with Crippen LogP contribution in [0.3, 0.4) is 0 Å². The zero-order valence-corrected chi connectivity index (χ0v) is 10.8. The molecule has 0 aromatic rings. The summed E-state index contributed by atoms with van der Waals surface area (Å²) < 4.78 is 0. The Kier molecular flexibility index (Phi) is 7.39. The highest BCUT2D eigenvalue weighted by Crippen LogP contribution is 2.11. The highest BCUT2D eigenvalue weighted by atomic mass is 16.2. The number of carbonyl (C=O) groups excluding carboxylic acids is 1. The average molecular weight is 214 g/mol. The second-order valence-corrected chi connectivity index (χ2v) is 4.44. The summed E-state index contributed by atoms with van der Waals surface area (Å²) in [6, 6.07) is 0.397. The summed E-state index contributed by atoms with van der Waals surface area (Å²) in [6.45, 7) is 9.92. The van der Waals surface area contributed by atoms with E-state index in [1.54, 1.807) is 0 Å². The third kappa shape index (κ3) is 5.17. The third-order valence-electron chi connectivity index (χ3n) is 2.59. The molecule has 0 aromatic heterocycles. The van der Waals surface area contributed by atoms with Crippen molar-refractivity contribution in [1.29, 1.82) is 0 Å². The van der Waals surface area contributed by atoms with Crippen LogP contribution in [0.25, 0.3) is 0 Å². The van der Waals surface area contributed by atoms with Crippen molar-refractivity contribution in [3.05, 3.63) is 0 Å². The Labute approximate surface area is 94.2 Å². The van der Waals surface area contributed by atoms with E-state index in [0.717, 1.165) is 19.4 Å². The van der Waals surface area contributed by atoms with E-state index in [1.165, 1.54) is 0 Å². The maximum absolute atomic E-state index is 11.9. The molecule has 1 N–H and O–H groups in total. The lowest BCUT2D eigenvalue weighted by Gasteiger charge is -2.32. The molecule has 90 valence electrons. The quantitative estimate of drug-likeness (QED) is 0.702. The van der Waals surface area contributed by atoms with Gasteiger partial charge in [-0.3, -0.25) is 4.79 Å². The smallest absolute Gasteiger partial charge is 0.236 e. The summed E-state index contributed by atoms with van der Waals surface area (Å²) in [5, 5.41) is 2.93. The van der Waals surface area contributed by atoms with Crippen molar-refractivity contribution in [3.8, 4) is 0 Å². The summed E-state index contributed by atoms with van der Waals surface area (Å²) >= 11 is 0. The highest BCUT2D eigenvalue weighted by molar-refractivity contribution is 5.78. The first-order valence-corrected chi connectivity index (χ1v) is 6.00. The van der Waals surface area contributed by atoms with Crippen molar-refractivity contribution in [2.24, 2.45) is 5.92 Å². The summed E-state index contributed by atoms with van der Waals surface area (Å²) in [7, 11) is 1.82. The molecule has 0 rings (SSSR count). The normalized spacial score (nSPS) is 11.1. The molecule has 0 bridgehead atoms. The Morgan fingerprint density at radius 2 is 1.80 bits per heavy atom. The number of nitrogens with one attached hydrogen (secondary N) is 1. The van der Waals surface area contributed by atoms with E-state index < -0.39 is 0 Å². The molecule has 15 heavy (non-hydrogen) atoms. The number of amides is 1. The molecule has 0 aliphatic heterocycles. The summed E-state index contributed by atoms with van der Waals surface area (Å²) in [5.74, 6) is 0.756. The first-order valence-electron chi connectivity index (χ1n) is 6.00. The van der Waals surface area contributed by atoms with Gasteiger partial charge in [0.1, 0.15) is 0 Å². The lowest BCUT2D eigenvalue weighted by atomic mass is 10.1. The Bertz CT molecular complexity index is 176. The van der Waals surface area contributed by atoms with Crippen LogP contribution in [0.5, 0.6) is 0 Å². The fourth-order valence-corrected chi connectivity index (χ4v) is 1.83. The van der Waals surface area contributed by atoms with E-state index in [-0.39, 0.29) is 5.91 Å². The molecule has 0 aromatic carbocycles. The largest absolute Gasteiger partial charge is 0.338 e. The van der Waals surface area contributed by atoms with Gasteiger partial charge in [-0.15, -0.1) is 0 Å². The minimum Gasteiger partial charge on any atom is -0.338 e. The van der Waals surface area contributed by atoms with Crippen LogP contribution in [0.1, 0.15) is 40.5 Å². The molecule has 0 aliphatic carbocycles. The molecule has 3 nitrogen and oxygen atoms in total. The molecule has 1 amide bonds. The van der Waals surface area contributed by atoms with E-state index in [2.05, 4.69) is 33.0 Å². The van der Waals surface area contributed by atoms with Crippen molar-refractivity contribution in [1.82, 2.24) is 10.2 Å². The van der Waals surface area contributed by atoms with Crippen LogP contribution in [-0.4, -0.2) is 37.0 Å². The number of rotatable bonds is 7. The summed E-state index contributed by atoms with van der Waals surface area (Å²) in [6.07, 6.45) is 2.08. The van der Waals surface area contributed by atoms with E-state index in [0.29, 0.717) is 18.5 Å². The van der Waals surface area contributed by atoms with Gasteiger partial charge in [0.15, 0.2) is 0 Å². The van der Waals surface area contributed by atoms with Gasteiger partial charge in [0.25, 0.3) is 0 Å². The topological polar surface area (TPSA) is 32.3 Å². The maximum Gasteiger partial charge on any atom is 0.236 e. The molecule has 0 radical (unpaired) electrons. The van der Waals surface area contributed by atoms with E-state index >= 15 is 0 Å². The monoisotopic (exact) mass is 214 g/mol. The minimum absolute atomic E-state index is 0.222. The molecule has 0 saturated heterocycles. The number of nitrogens with zero attached hydrogens (tertiary/aromatic N) is 1. The fraction of sp³-hybridized carbons (Fsp3) is 0.917. The first kappa shape index (κ1) is 14.4. The van der Waals surface area contributed by atoms with Crippen molar-refractivity contribution < 1.29 is 4.79 Å². The third-order valence-corrected chi connectivity index (χ3v) is 2.59. The molecule has 0 unspecified atom stereocenters. The Hall–Kier alpha value is -0.570. The molecule has 0 fully saturated rings. The zero-order valence-electron chi connectivity index (χ0n) is 10.8. The van der Waals surface area contributed by atoms with Gasteiger partial charge < -0.3 is 10.2 Å². The Balaban J connectivity index is 4.47. The van der Waals surface area contributed by atoms with Crippen LogP contribution in [0.4, 0.5) is 0 Å². The van der Waals surface area contributed by atoms with E-state index in [9.17, 15) is 4.79 Å². The van der Waals surface area contributed by atoms with Crippen LogP contribution in [0.15, 0.2) is 0 Å². The average Bonchev–Trinajstić information content (AvgIpc) is 2.18. The standard InChI is InChI=1S/C12H26N2O/c1-6-11(7-2)14(9-10(3)4)12(15)8-13-5/h10-11,13H,6-9H2,1-5H3. The van der Waals surface area contributed by atoms with Crippen LogP contribution in [0, 0.1) is 5.92 Å². The Morgan fingerprint density at radius 1 is 1.27 bits per heavy atom. The lowest BCUT2D eigenvalue weighted by Crippen LogP contribution is -2.45. The van der Waals surface area contributed by atoms with Crippen LogP contribution >= 0.6 is 0 Å². The van der Waals surface area contributed by atoms with Crippen LogP contribution < -0.4 is 5.32 Å². The van der Waals surface area contributed by atoms with Gasteiger partial charge in [-0.1, -0.05) is 27.7 Å². The number of hydrogen-bond donors (Lipinski definition) is 1. The summed E-state index contributed by atoms with van der Waals surface area (Å²) in [5.41, 5.74) is 0. The molecular weight excluding hydrogens is 188 g/mol. The van der Waals surface area contributed by atoms with Crippen molar-refractivity contribution in [2.75, 3.05) is 20.1 Å². The maximum atomic E-state index is 11.9. The van der Waals surface area contributed by atoms with Crippen molar-refractivity contribution >= 4 is 5.91 Å². The molecule has 0 saturated carbocycles. The molecule has 0 spiro atoms. The van der Waals surface area contributed by atoms with Gasteiger partial charge in [0.2, 0.25) is 5.91 Å².